The van der Waals surface area contributed by atoms with Crippen LogP contribution >= 0.6 is 35.6 Å². The van der Waals surface area contributed by atoms with Gasteiger partial charge in [-0.05, 0) is 55.7 Å². The highest BCUT2D eigenvalue weighted by Crippen LogP contribution is 2.27. The number of carbonyl (C=O) groups excluding carboxylic acids is 2. The van der Waals surface area contributed by atoms with Crippen LogP contribution in [0, 0.1) is 0 Å². The number of hydrogen-bond acceptors (Lipinski definition) is 3. The number of piperidine rings is 1. The first-order valence-electron chi connectivity index (χ1n) is 8.38. The first kappa shape index (κ1) is 21.4. The van der Waals surface area contributed by atoms with E-state index in [1.54, 1.807) is 47.4 Å². The fourth-order valence-corrected chi connectivity index (χ4v) is 3.55. The molecular formula is C19H20Cl3N3O2. The molecule has 8 heteroatoms. The highest BCUT2D eigenvalue weighted by Gasteiger charge is 2.33. The quantitative estimate of drug-likeness (QED) is 0.700. The number of nitrogen functional groups attached to an aromatic ring is 1. The van der Waals surface area contributed by atoms with Crippen molar-refractivity contribution in [2.75, 3.05) is 17.6 Å². The molecular weight excluding hydrogens is 409 g/mol. The molecule has 1 atom stereocenters. The molecule has 1 aliphatic rings. The average Bonchev–Trinajstić information content (AvgIpc) is 2.63. The molecule has 0 spiro atoms. The predicted molar refractivity (Wildman–Crippen MR) is 112 cm³/mol. The zero-order valence-corrected chi connectivity index (χ0v) is 16.8. The van der Waals surface area contributed by atoms with E-state index >= 15 is 0 Å². The standard InChI is InChI=1S/C19H19Cl2N3O2.ClH/c20-13-7-8-16(15(21)11-13)23-18(25)17-6-1-2-9-24(17)19(26)12-4-3-5-14(22)10-12;/h3-5,7-8,10-11,17H,1-2,6,9,22H2,(H,23,25);1H. The van der Waals surface area contributed by atoms with Crippen molar-refractivity contribution in [3.63, 3.8) is 0 Å². The lowest BCUT2D eigenvalue weighted by Crippen LogP contribution is -2.50. The normalized spacial score (nSPS) is 16.4. The third-order valence-corrected chi connectivity index (χ3v) is 4.94. The van der Waals surface area contributed by atoms with E-state index in [-0.39, 0.29) is 24.2 Å². The Labute approximate surface area is 174 Å². The van der Waals surface area contributed by atoms with E-state index in [2.05, 4.69) is 5.32 Å². The Hall–Kier alpha value is -1.95. The van der Waals surface area contributed by atoms with Crippen LogP contribution in [0.15, 0.2) is 42.5 Å². The van der Waals surface area contributed by atoms with Crippen LogP contribution in [-0.2, 0) is 4.79 Å². The van der Waals surface area contributed by atoms with Crippen LogP contribution in [-0.4, -0.2) is 29.3 Å². The largest absolute Gasteiger partial charge is 0.399 e. The Bertz CT molecular complexity index is 845. The van der Waals surface area contributed by atoms with Crippen LogP contribution < -0.4 is 11.1 Å². The molecule has 27 heavy (non-hydrogen) atoms. The van der Waals surface area contributed by atoms with Crippen molar-refractivity contribution in [3.8, 4) is 0 Å². The lowest BCUT2D eigenvalue weighted by Gasteiger charge is -2.35. The molecule has 2 aromatic carbocycles. The maximum atomic E-state index is 12.9. The Kier molecular flexibility index (Phi) is 7.36. The molecule has 0 aromatic heterocycles. The highest BCUT2D eigenvalue weighted by atomic mass is 35.5. The van der Waals surface area contributed by atoms with Crippen molar-refractivity contribution in [1.29, 1.82) is 0 Å². The molecule has 5 nitrogen and oxygen atoms in total. The minimum Gasteiger partial charge on any atom is -0.399 e. The summed E-state index contributed by atoms with van der Waals surface area (Å²) in [5.41, 5.74) is 7.25. The van der Waals surface area contributed by atoms with Gasteiger partial charge in [0.15, 0.2) is 0 Å². The second kappa shape index (κ2) is 9.31. The van der Waals surface area contributed by atoms with Crippen molar-refractivity contribution in [1.82, 2.24) is 4.90 Å². The van der Waals surface area contributed by atoms with Crippen LogP contribution in [0.1, 0.15) is 29.6 Å². The molecule has 1 fully saturated rings. The van der Waals surface area contributed by atoms with Gasteiger partial charge in [-0.3, -0.25) is 9.59 Å². The lowest BCUT2D eigenvalue weighted by atomic mass is 9.99. The van der Waals surface area contributed by atoms with Gasteiger partial charge < -0.3 is 16.0 Å². The third-order valence-electron chi connectivity index (χ3n) is 4.39. The summed E-state index contributed by atoms with van der Waals surface area (Å²) in [6, 6.07) is 11.1. The Morgan fingerprint density at radius 3 is 2.59 bits per heavy atom. The number of rotatable bonds is 3. The van der Waals surface area contributed by atoms with E-state index in [1.165, 1.54) is 0 Å². The summed E-state index contributed by atoms with van der Waals surface area (Å²) in [5, 5.41) is 3.65. The number of nitrogens with zero attached hydrogens (tertiary/aromatic N) is 1. The molecule has 3 N–H and O–H groups in total. The van der Waals surface area contributed by atoms with Gasteiger partial charge in [-0.2, -0.15) is 0 Å². The van der Waals surface area contributed by atoms with Gasteiger partial charge in [0.2, 0.25) is 5.91 Å². The van der Waals surface area contributed by atoms with E-state index in [0.29, 0.717) is 39.9 Å². The van der Waals surface area contributed by atoms with Crippen molar-refractivity contribution in [2.24, 2.45) is 0 Å². The summed E-state index contributed by atoms with van der Waals surface area (Å²) < 4.78 is 0. The van der Waals surface area contributed by atoms with E-state index in [1.807, 2.05) is 0 Å². The minimum atomic E-state index is -0.551. The Balaban J connectivity index is 0.00000261. The molecule has 3 rings (SSSR count). The number of nitrogens with one attached hydrogen (secondary N) is 1. The second-order valence-electron chi connectivity index (χ2n) is 6.25. The lowest BCUT2D eigenvalue weighted by molar-refractivity contribution is -0.121. The molecule has 0 aliphatic carbocycles. The number of amides is 2. The number of nitrogens with two attached hydrogens (primary N) is 1. The van der Waals surface area contributed by atoms with Crippen molar-refractivity contribution >= 4 is 58.8 Å². The van der Waals surface area contributed by atoms with Crippen LogP contribution in [0.25, 0.3) is 0 Å². The Morgan fingerprint density at radius 2 is 1.89 bits per heavy atom. The van der Waals surface area contributed by atoms with E-state index in [4.69, 9.17) is 28.9 Å². The summed E-state index contributed by atoms with van der Waals surface area (Å²) in [7, 11) is 0. The second-order valence-corrected chi connectivity index (χ2v) is 7.09. The average molecular weight is 429 g/mol. The monoisotopic (exact) mass is 427 g/mol. The fourth-order valence-electron chi connectivity index (χ4n) is 3.09. The molecule has 0 saturated carbocycles. The summed E-state index contributed by atoms with van der Waals surface area (Å²) >= 11 is 12.0. The molecule has 1 aliphatic heterocycles. The van der Waals surface area contributed by atoms with Crippen LogP contribution in [0.3, 0.4) is 0 Å². The number of anilines is 2. The maximum Gasteiger partial charge on any atom is 0.254 e. The van der Waals surface area contributed by atoms with E-state index < -0.39 is 6.04 Å². The zero-order valence-electron chi connectivity index (χ0n) is 14.5. The SMILES string of the molecule is Cl.Nc1cccc(C(=O)N2CCCCC2C(=O)Nc2ccc(Cl)cc2Cl)c1. The highest BCUT2D eigenvalue weighted by molar-refractivity contribution is 6.36. The minimum absolute atomic E-state index is 0. The molecule has 0 bridgehead atoms. The number of benzene rings is 2. The van der Waals surface area contributed by atoms with Gasteiger partial charge in [-0.25, -0.2) is 0 Å². The smallest absolute Gasteiger partial charge is 0.254 e. The number of halogens is 3. The van der Waals surface area contributed by atoms with Crippen molar-refractivity contribution in [3.05, 3.63) is 58.1 Å². The molecule has 1 heterocycles. The zero-order chi connectivity index (χ0) is 18.7. The Morgan fingerprint density at radius 1 is 1.11 bits per heavy atom. The molecule has 2 amide bonds. The van der Waals surface area contributed by atoms with Gasteiger partial charge in [0.05, 0.1) is 10.7 Å². The van der Waals surface area contributed by atoms with Crippen LogP contribution in [0.5, 0.6) is 0 Å². The summed E-state index contributed by atoms with van der Waals surface area (Å²) in [5.74, 6) is -0.453. The molecule has 0 radical (unpaired) electrons. The predicted octanol–water partition coefficient (Wildman–Crippen LogP) is 4.63. The van der Waals surface area contributed by atoms with Crippen molar-refractivity contribution < 1.29 is 9.59 Å². The van der Waals surface area contributed by atoms with Crippen LogP contribution in [0.2, 0.25) is 10.0 Å². The summed E-state index contributed by atoms with van der Waals surface area (Å²) in [4.78, 5) is 27.3. The van der Waals surface area contributed by atoms with Gasteiger partial charge in [0.25, 0.3) is 5.91 Å². The number of carbonyl (C=O) groups is 2. The molecule has 2 aromatic rings. The fraction of sp³-hybridized carbons (Fsp3) is 0.263. The van der Waals surface area contributed by atoms with Gasteiger partial charge in [0.1, 0.15) is 6.04 Å². The maximum absolute atomic E-state index is 12.9. The first-order valence-corrected chi connectivity index (χ1v) is 9.14. The number of hydrogen-bond donors (Lipinski definition) is 2. The molecule has 144 valence electrons. The van der Waals surface area contributed by atoms with Gasteiger partial charge >= 0.3 is 0 Å². The van der Waals surface area contributed by atoms with E-state index in [9.17, 15) is 9.59 Å². The van der Waals surface area contributed by atoms with Crippen LogP contribution in [0.4, 0.5) is 11.4 Å². The topological polar surface area (TPSA) is 75.4 Å². The van der Waals surface area contributed by atoms with Crippen molar-refractivity contribution in [2.45, 2.75) is 25.3 Å². The van der Waals surface area contributed by atoms with Gasteiger partial charge in [-0.1, -0.05) is 29.3 Å². The molecule has 1 unspecified atom stereocenters. The molecule has 1 saturated heterocycles. The van der Waals surface area contributed by atoms with Gasteiger partial charge in [-0.15, -0.1) is 12.4 Å². The summed E-state index contributed by atoms with van der Waals surface area (Å²) in [6.45, 7) is 0.528. The summed E-state index contributed by atoms with van der Waals surface area (Å²) in [6.07, 6.45) is 2.35. The van der Waals surface area contributed by atoms with E-state index in [0.717, 1.165) is 12.8 Å². The first-order chi connectivity index (χ1) is 12.5. The third kappa shape index (κ3) is 5.06. The number of likely N-dealkylation sites (tertiary alicyclic amines) is 1. The van der Waals surface area contributed by atoms with Gasteiger partial charge in [0, 0.05) is 22.8 Å².